The first-order valence-electron chi connectivity index (χ1n) is 2.88. The molecule has 0 heterocycles. The van der Waals surface area contributed by atoms with Gasteiger partial charge in [-0.15, -0.1) is 0 Å². The minimum Gasteiger partial charge on any atom is -0.381 e. The predicted octanol–water partition coefficient (Wildman–Crippen LogP) is -0.737. The van der Waals surface area contributed by atoms with E-state index in [0.29, 0.717) is 6.54 Å². The van der Waals surface area contributed by atoms with Crippen LogP contribution in [0.3, 0.4) is 0 Å². The van der Waals surface area contributed by atoms with Gasteiger partial charge in [-0.2, -0.15) is 0 Å². The van der Waals surface area contributed by atoms with Crippen molar-refractivity contribution in [3.05, 3.63) is 0 Å². The van der Waals surface area contributed by atoms with Crippen molar-refractivity contribution in [2.24, 2.45) is 5.73 Å². The highest BCUT2D eigenvalue weighted by molar-refractivity contribution is 4.58. The highest BCUT2D eigenvalue weighted by atomic mass is 16.3. The topological polar surface area (TPSA) is 58.3 Å². The molecule has 8 heavy (non-hydrogen) atoms. The number of nitrogens with one attached hydrogen (secondary N) is 1. The van der Waals surface area contributed by atoms with Gasteiger partial charge in [-0.25, -0.2) is 0 Å². The molecule has 0 saturated heterocycles. The van der Waals surface area contributed by atoms with Crippen molar-refractivity contribution >= 4 is 0 Å². The number of rotatable bonds is 4. The molecule has 1 atom stereocenters. The van der Waals surface area contributed by atoms with E-state index in [4.69, 9.17) is 10.8 Å². The van der Waals surface area contributed by atoms with Gasteiger partial charge in [0.25, 0.3) is 0 Å². The largest absolute Gasteiger partial charge is 0.381 e. The molecule has 0 aromatic heterocycles. The molecule has 1 unspecified atom stereocenters. The molecule has 0 fully saturated rings. The maximum Gasteiger partial charge on any atom is 0.0932 e. The monoisotopic (exact) mass is 118 g/mol. The van der Waals surface area contributed by atoms with Crippen LogP contribution in [-0.4, -0.2) is 24.4 Å². The smallest absolute Gasteiger partial charge is 0.0932 e. The van der Waals surface area contributed by atoms with Crippen molar-refractivity contribution in [3.63, 3.8) is 0 Å². The average Bonchev–Trinajstić information content (AvgIpc) is 1.83. The van der Waals surface area contributed by atoms with Crippen LogP contribution in [0.4, 0.5) is 0 Å². The first-order chi connectivity index (χ1) is 3.81. The van der Waals surface area contributed by atoms with Crippen LogP contribution >= 0.6 is 0 Å². The Bertz CT molecular complexity index is 49.7. The zero-order valence-corrected chi connectivity index (χ0v) is 5.22. The zero-order valence-electron chi connectivity index (χ0n) is 5.22. The molecule has 50 valence electrons. The molecule has 0 radical (unpaired) electrons. The van der Waals surface area contributed by atoms with Crippen LogP contribution in [-0.2, 0) is 0 Å². The van der Waals surface area contributed by atoms with E-state index in [1.807, 2.05) is 6.92 Å². The van der Waals surface area contributed by atoms with Gasteiger partial charge in [-0.05, 0) is 6.42 Å². The summed E-state index contributed by atoms with van der Waals surface area (Å²) in [6.45, 7) is 2.74. The predicted molar refractivity (Wildman–Crippen MR) is 33.4 cm³/mol. The average molecular weight is 118 g/mol. The van der Waals surface area contributed by atoms with E-state index in [0.717, 1.165) is 6.42 Å². The molecular weight excluding hydrogens is 104 g/mol. The highest BCUT2D eigenvalue weighted by Gasteiger charge is 1.94. The third-order valence-corrected chi connectivity index (χ3v) is 1.04. The Morgan fingerprint density at radius 3 is 2.75 bits per heavy atom. The number of aliphatic hydroxyl groups is 1. The van der Waals surface area contributed by atoms with Crippen LogP contribution in [0.5, 0.6) is 0 Å². The van der Waals surface area contributed by atoms with Gasteiger partial charge in [0.2, 0.25) is 0 Å². The fourth-order valence-electron chi connectivity index (χ4n) is 0.394. The Balaban J connectivity index is 2.86. The third-order valence-electron chi connectivity index (χ3n) is 1.04. The first-order valence-corrected chi connectivity index (χ1v) is 2.88. The first kappa shape index (κ1) is 7.88. The van der Waals surface area contributed by atoms with Crippen LogP contribution in [0.1, 0.15) is 13.3 Å². The van der Waals surface area contributed by atoms with Gasteiger partial charge in [0.05, 0.1) is 6.73 Å². The van der Waals surface area contributed by atoms with E-state index in [-0.39, 0.29) is 12.8 Å². The van der Waals surface area contributed by atoms with Crippen molar-refractivity contribution in [3.8, 4) is 0 Å². The van der Waals surface area contributed by atoms with Gasteiger partial charge in [0.15, 0.2) is 0 Å². The molecule has 4 N–H and O–H groups in total. The van der Waals surface area contributed by atoms with E-state index >= 15 is 0 Å². The number of aliphatic hydroxyl groups excluding tert-OH is 1. The summed E-state index contributed by atoms with van der Waals surface area (Å²) in [6, 6.07) is 0.183. The summed E-state index contributed by atoms with van der Waals surface area (Å²) < 4.78 is 0. The van der Waals surface area contributed by atoms with Crippen molar-refractivity contribution in [1.29, 1.82) is 0 Å². The highest BCUT2D eigenvalue weighted by Crippen LogP contribution is 1.80. The number of hydrogen-bond acceptors (Lipinski definition) is 3. The van der Waals surface area contributed by atoms with Crippen molar-refractivity contribution in [2.75, 3.05) is 13.3 Å². The molecule has 0 aromatic carbocycles. The number of hydrogen-bond donors (Lipinski definition) is 3. The lowest BCUT2D eigenvalue weighted by atomic mass is 10.2. The lowest BCUT2D eigenvalue weighted by Gasteiger charge is -2.06. The SMILES string of the molecule is CCC(N)CNCO. The van der Waals surface area contributed by atoms with Crippen LogP contribution in [0, 0.1) is 0 Å². The lowest BCUT2D eigenvalue weighted by molar-refractivity contribution is 0.257. The normalized spacial score (nSPS) is 13.9. The van der Waals surface area contributed by atoms with E-state index < -0.39 is 0 Å². The summed E-state index contributed by atoms with van der Waals surface area (Å²) >= 11 is 0. The molecule has 0 rings (SSSR count). The van der Waals surface area contributed by atoms with Crippen LogP contribution in [0.15, 0.2) is 0 Å². The van der Waals surface area contributed by atoms with Gasteiger partial charge < -0.3 is 10.8 Å². The van der Waals surface area contributed by atoms with Gasteiger partial charge in [0, 0.05) is 12.6 Å². The van der Waals surface area contributed by atoms with E-state index in [9.17, 15) is 0 Å². The second-order valence-corrected chi connectivity index (χ2v) is 1.78. The van der Waals surface area contributed by atoms with Crippen molar-refractivity contribution in [2.45, 2.75) is 19.4 Å². The molecule has 3 nitrogen and oxygen atoms in total. The maximum absolute atomic E-state index is 8.24. The molecule has 0 spiro atoms. The van der Waals surface area contributed by atoms with Gasteiger partial charge in [-0.1, -0.05) is 6.92 Å². The Morgan fingerprint density at radius 1 is 1.75 bits per heavy atom. The van der Waals surface area contributed by atoms with Gasteiger partial charge in [-0.3, -0.25) is 5.32 Å². The molecule has 0 aliphatic heterocycles. The van der Waals surface area contributed by atoms with Crippen molar-refractivity contribution in [1.82, 2.24) is 5.32 Å². The molecule has 0 aliphatic rings. The molecule has 0 aromatic rings. The zero-order chi connectivity index (χ0) is 6.41. The summed E-state index contributed by atoms with van der Waals surface area (Å²) in [5.74, 6) is 0. The van der Waals surface area contributed by atoms with Gasteiger partial charge in [0.1, 0.15) is 0 Å². The third kappa shape index (κ3) is 4.05. The summed E-state index contributed by atoms with van der Waals surface area (Å²) in [5.41, 5.74) is 5.49. The quantitative estimate of drug-likeness (QED) is 0.426. The lowest BCUT2D eigenvalue weighted by Crippen LogP contribution is -2.33. The number of nitrogens with two attached hydrogens (primary N) is 1. The second-order valence-electron chi connectivity index (χ2n) is 1.78. The summed E-state index contributed by atoms with van der Waals surface area (Å²) in [7, 11) is 0. The fraction of sp³-hybridized carbons (Fsp3) is 1.00. The van der Waals surface area contributed by atoms with Crippen LogP contribution in [0.2, 0.25) is 0 Å². The van der Waals surface area contributed by atoms with Crippen LogP contribution < -0.4 is 11.1 Å². The maximum atomic E-state index is 8.24. The van der Waals surface area contributed by atoms with E-state index in [2.05, 4.69) is 5.32 Å². The standard InChI is InChI=1S/C5H14N2O/c1-2-5(6)3-7-4-8/h5,7-8H,2-4,6H2,1H3. The Labute approximate surface area is 49.9 Å². The molecule has 0 bridgehead atoms. The Hall–Kier alpha value is -0.120. The molecule has 0 amide bonds. The van der Waals surface area contributed by atoms with Gasteiger partial charge >= 0.3 is 0 Å². The molecule has 0 saturated carbocycles. The minimum absolute atomic E-state index is 0.0215. The minimum atomic E-state index is 0.0215. The molecular formula is C5H14N2O. The van der Waals surface area contributed by atoms with E-state index in [1.54, 1.807) is 0 Å². The van der Waals surface area contributed by atoms with Crippen molar-refractivity contribution < 1.29 is 5.11 Å². The molecule has 3 heteroatoms. The molecule has 0 aliphatic carbocycles. The second kappa shape index (κ2) is 5.03. The fourth-order valence-corrected chi connectivity index (χ4v) is 0.394. The van der Waals surface area contributed by atoms with E-state index in [1.165, 1.54) is 0 Å². The van der Waals surface area contributed by atoms with Crippen LogP contribution in [0.25, 0.3) is 0 Å². The Kier molecular flexibility index (Phi) is 4.95. The summed E-state index contributed by atoms with van der Waals surface area (Å²) in [6.07, 6.45) is 0.951. The summed E-state index contributed by atoms with van der Waals surface area (Å²) in [4.78, 5) is 0. The summed E-state index contributed by atoms with van der Waals surface area (Å²) in [5, 5.41) is 11.0. The Morgan fingerprint density at radius 2 is 2.38 bits per heavy atom.